The second-order valence-electron chi connectivity index (χ2n) is 4.43. The molecule has 0 aromatic carbocycles. The fourth-order valence-corrected chi connectivity index (χ4v) is 2.79. The number of hydrogen-bond donors (Lipinski definition) is 2. The van der Waals surface area contributed by atoms with Crippen molar-refractivity contribution in [1.82, 2.24) is 4.72 Å². The van der Waals surface area contributed by atoms with Crippen LogP contribution in [0.1, 0.15) is 31.1 Å². The van der Waals surface area contributed by atoms with Crippen LogP contribution in [0.25, 0.3) is 0 Å². The first-order chi connectivity index (χ1) is 8.07. The van der Waals surface area contributed by atoms with Gasteiger partial charge in [-0.2, -0.15) is 0 Å². The quantitative estimate of drug-likeness (QED) is 0.766. The van der Waals surface area contributed by atoms with Crippen LogP contribution in [0, 0.1) is 5.92 Å². The Morgan fingerprint density at radius 3 is 2.88 bits per heavy atom. The topological polar surface area (TPSA) is 79.5 Å². The van der Waals surface area contributed by atoms with Gasteiger partial charge in [0.2, 0.25) is 10.0 Å². The minimum atomic E-state index is -3.27. The van der Waals surface area contributed by atoms with E-state index in [0.717, 1.165) is 12.8 Å². The van der Waals surface area contributed by atoms with Crippen LogP contribution in [0.4, 0.5) is 0 Å². The highest BCUT2D eigenvalue weighted by Gasteiger charge is 2.24. The molecule has 0 amide bonds. The van der Waals surface area contributed by atoms with Crippen molar-refractivity contribution >= 4 is 10.0 Å². The molecule has 0 saturated heterocycles. The third-order valence-electron chi connectivity index (χ3n) is 2.86. The summed E-state index contributed by atoms with van der Waals surface area (Å²) in [6.45, 7) is -0.0412. The normalized spacial score (nSPS) is 18.2. The molecule has 5 nitrogen and oxygen atoms in total. The molecule has 17 heavy (non-hydrogen) atoms. The molecule has 6 heteroatoms. The van der Waals surface area contributed by atoms with E-state index in [-0.39, 0.29) is 12.3 Å². The van der Waals surface area contributed by atoms with Crippen LogP contribution >= 0.6 is 0 Å². The highest BCUT2D eigenvalue weighted by Crippen LogP contribution is 2.32. The van der Waals surface area contributed by atoms with Gasteiger partial charge in [0.1, 0.15) is 11.9 Å². The molecule has 1 heterocycles. The zero-order chi connectivity index (χ0) is 12.3. The van der Waals surface area contributed by atoms with Crippen LogP contribution in [-0.2, 0) is 10.0 Å². The molecule has 1 aromatic heterocycles. The molecule has 1 aliphatic rings. The molecule has 1 aromatic rings. The van der Waals surface area contributed by atoms with E-state index in [4.69, 9.17) is 4.42 Å². The second-order valence-corrected chi connectivity index (χ2v) is 6.36. The number of aliphatic hydroxyl groups is 1. The van der Waals surface area contributed by atoms with Gasteiger partial charge in [-0.3, -0.25) is 0 Å². The largest absolute Gasteiger partial charge is 0.467 e. The van der Waals surface area contributed by atoms with Gasteiger partial charge in [-0.1, -0.05) is 12.8 Å². The van der Waals surface area contributed by atoms with Gasteiger partial charge in [-0.25, -0.2) is 13.1 Å². The van der Waals surface area contributed by atoms with Crippen LogP contribution < -0.4 is 4.72 Å². The van der Waals surface area contributed by atoms with Gasteiger partial charge < -0.3 is 9.52 Å². The number of hydrogen-bond acceptors (Lipinski definition) is 4. The predicted octanol–water partition coefficient (Wildman–Crippen LogP) is 1.03. The van der Waals surface area contributed by atoms with Crippen molar-refractivity contribution in [2.45, 2.75) is 25.4 Å². The van der Waals surface area contributed by atoms with Crippen molar-refractivity contribution in [2.24, 2.45) is 5.92 Å². The van der Waals surface area contributed by atoms with Crippen LogP contribution in [0.15, 0.2) is 22.8 Å². The van der Waals surface area contributed by atoms with E-state index in [2.05, 4.69) is 4.72 Å². The number of sulfonamides is 1. The molecule has 2 N–H and O–H groups in total. The maximum Gasteiger partial charge on any atom is 0.211 e. The molecule has 0 spiro atoms. The molecular formula is C11H17NO4S. The Labute approximate surface area is 101 Å². The molecule has 1 unspecified atom stereocenters. The standard InChI is InChI=1S/C11H17NO4S/c13-10(11-2-1-6-16-11)8-12-17(14,15)7-5-9-3-4-9/h1-2,6,9-10,12-13H,3-5,7-8H2. The summed E-state index contributed by atoms with van der Waals surface area (Å²) in [7, 11) is -3.27. The van der Waals surface area contributed by atoms with Crippen molar-refractivity contribution in [3.05, 3.63) is 24.2 Å². The molecule has 1 fully saturated rings. The lowest BCUT2D eigenvalue weighted by Crippen LogP contribution is -2.30. The van der Waals surface area contributed by atoms with E-state index in [1.807, 2.05) is 0 Å². The van der Waals surface area contributed by atoms with E-state index in [1.165, 1.54) is 6.26 Å². The zero-order valence-corrected chi connectivity index (χ0v) is 10.3. The zero-order valence-electron chi connectivity index (χ0n) is 9.50. The van der Waals surface area contributed by atoms with E-state index in [1.54, 1.807) is 12.1 Å². The Bertz CT molecular complexity index is 436. The summed E-state index contributed by atoms with van der Waals surface area (Å²) in [6, 6.07) is 3.27. The van der Waals surface area contributed by atoms with Gasteiger partial charge >= 0.3 is 0 Å². The highest BCUT2D eigenvalue weighted by atomic mass is 32.2. The molecule has 1 saturated carbocycles. The number of nitrogens with one attached hydrogen (secondary N) is 1. The van der Waals surface area contributed by atoms with Crippen LogP contribution in [-0.4, -0.2) is 25.8 Å². The van der Waals surface area contributed by atoms with Gasteiger partial charge in [-0.05, 0) is 24.5 Å². The summed E-state index contributed by atoms with van der Waals surface area (Å²) < 4.78 is 30.5. The lowest BCUT2D eigenvalue weighted by Gasteiger charge is -2.09. The van der Waals surface area contributed by atoms with Crippen molar-refractivity contribution in [3.63, 3.8) is 0 Å². The number of aliphatic hydroxyl groups excluding tert-OH is 1. The number of furan rings is 1. The average molecular weight is 259 g/mol. The summed E-state index contributed by atoms with van der Waals surface area (Å²) in [6.07, 6.45) is 3.52. The van der Waals surface area contributed by atoms with E-state index in [9.17, 15) is 13.5 Å². The Morgan fingerprint density at radius 2 is 2.29 bits per heavy atom. The average Bonchev–Trinajstić information content (AvgIpc) is 2.96. The molecule has 0 aliphatic heterocycles. The van der Waals surface area contributed by atoms with Crippen molar-refractivity contribution in [1.29, 1.82) is 0 Å². The van der Waals surface area contributed by atoms with E-state index < -0.39 is 16.1 Å². The summed E-state index contributed by atoms with van der Waals surface area (Å²) in [4.78, 5) is 0. The fourth-order valence-electron chi connectivity index (χ4n) is 1.59. The minimum Gasteiger partial charge on any atom is -0.467 e. The van der Waals surface area contributed by atoms with Crippen molar-refractivity contribution in [2.75, 3.05) is 12.3 Å². The summed E-state index contributed by atoms with van der Waals surface area (Å²) in [5, 5.41) is 9.64. The summed E-state index contributed by atoms with van der Waals surface area (Å²) in [5.74, 6) is 1.10. The Morgan fingerprint density at radius 1 is 1.53 bits per heavy atom. The summed E-state index contributed by atoms with van der Waals surface area (Å²) >= 11 is 0. The predicted molar refractivity (Wildman–Crippen MR) is 62.8 cm³/mol. The van der Waals surface area contributed by atoms with Crippen LogP contribution in [0.5, 0.6) is 0 Å². The van der Waals surface area contributed by atoms with Gasteiger partial charge in [0.15, 0.2) is 0 Å². The molecule has 96 valence electrons. The van der Waals surface area contributed by atoms with Gasteiger partial charge in [0, 0.05) is 6.54 Å². The first-order valence-corrected chi connectivity index (χ1v) is 7.41. The third kappa shape index (κ3) is 4.14. The summed E-state index contributed by atoms with van der Waals surface area (Å²) in [5.41, 5.74) is 0. The van der Waals surface area contributed by atoms with Crippen molar-refractivity contribution < 1.29 is 17.9 Å². The van der Waals surface area contributed by atoms with Crippen LogP contribution in [0.2, 0.25) is 0 Å². The van der Waals surface area contributed by atoms with Gasteiger partial charge in [0.25, 0.3) is 0 Å². The fraction of sp³-hybridized carbons (Fsp3) is 0.636. The maximum absolute atomic E-state index is 11.6. The Hall–Kier alpha value is -0.850. The number of rotatable bonds is 7. The van der Waals surface area contributed by atoms with Gasteiger partial charge in [-0.15, -0.1) is 0 Å². The smallest absolute Gasteiger partial charge is 0.211 e. The monoisotopic (exact) mass is 259 g/mol. The molecule has 0 bridgehead atoms. The van der Waals surface area contributed by atoms with E-state index >= 15 is 0 Å². The lowest BCUT2D eigenvalue weighted by atomic mass is 10.3. The second kappa shape index (κ2) is 5.20. The molecule has 0 radical (unpaired) electrons. The molecular weight excluding hydrogens is 242 g/mol. The van der Waals surface area contributed by atoms with Crippen LogP contribution in [0.3, 0.4) is 0 Å². The van der Waals surface area contributed by atoms with E-state index in [0.29, 0.717) is 18.1 Å². The minimum absolute atomic E-state index is 0.0412. The molecule has 1 aliphatic carbocycles. The lowest BCUT2D eigenvalue weighted by molar-refractivity contribution is 0.154. The highest BCUT2D eigenvalue weighted by molar-refractivity contribution is 7.89. The Kier molecular flexibility index (Phi) is 3.86. The maximum atomic E-state index is 11.6. The van der Waals surface area contributed by atoms with Gasteiger partial charge in [0.05, 0.1) is 12.0 Å². The first-order valence-electron chi connectivity index (χ1n) is 5.75. The molecule has 2 rings (SSSR count). The Balaban J connectivity index is 1.76. The molecule has 1 atom stereocenters. The van der Waals surface area contributed by atoms with Crippen molar-refractivity contribution in [3.8, 4) is 0 Å². The SMILES string of the molecule is O=S(=O)(CCC1CC1)NCC(O)c1ccco1. The first kappa shape index (κ1) is 12.6. The third-order valence-corrected chi connectivity index (χ3v) is 4.24.